The summed E-state index contributed by atoms with van der Waals surface area (Å²) in [5.74, 6) is -0.392. The Hall–Kier alpha value is -0.440. The van der Waals surface area contributed by atoms with Crippen LogP contribution in [0.4, 0.5) is 0 Å². The highest BCUT2D eigenvalue weighted by Crippen LogP contribution is 2.23. The van der Waals surface area contributed by atoms with E-state index in [2.05, 4.69) is 20.8 Å². The normalized spacial score (nSPS) is 12.3. The summed E-state index contributed by atoms with van der Waals surface area (Å²) in [6.07, 6.45) is 1.37. The second-order valence-corrected chi connectivity index (χ2v) is 4.67. The van der Waals surface area contributed by atoms with Crippen LogP contribution in [-0.2, 0) is 4.79 Å². The van der Waals surface area contributed by atoms with E-state index in [0.29, 0.717) is 0 Å². The molecule has 3 heteroatoms. The van der Waals surface area contributed by atoms with Gasteiger partial charge >= 0.3 is 0 Å². The number of carbonyl (C=O) groups is 1. The molecule has 0 unspecified atom stereocenters. The fourth-order valence-corrected chi connectivity index (χ4v) is 0.916. The van der Waals surface area contributed by atoms with Crippen LogP contribution in [0.15, 0.2) is 11.5 Å². The van der Waals surface area contributed by atoms with Crippen molar-refractivity contribution in [2.24, 2.45) is 5.73 Å². The first-order valence-corrected chi connectivity index (χ1v) is 3.93. The molecule has 0 heterocycles. The molecule has 0 aliphatic heterocycles. The number of carbonyl (C=O) groups excluding carboxylic acids is 1. The first-order chi connectivity index (χ1) is 4.42. The zero-order valence-electron chi connectivity index (χ0n) is 6.55. The van der Waals surface area contributed by atoms with Crippen LogP contribution in [0, 0.1) is 0 Å². The third kappa shape index (κ3) is 7.56. The minimum atomic E-state index is -0.392. The van der Waals surface area contributed by atoms with Gasteiger partial charge in [-0.15, -0.1) is 11.8 Å². The predicted octanol–water partition coefficient (Wildman–Crippen LogP) is 1.52. The summed E-state index contributed by atoms with van der Waals surface area (Å²) in [6.45, 7) is 6.22. The molecule has 2 N–H and O–H groups in total. The van der Waals surface area contributed by atoms with Gasteiger partial charge in [0.15, 0.2) is 0 Å². The zero-order chi connectivity index (χ0) is 8.20. The van der Waals surface area contributed by atoms with Crippen molar-refractivity contribution in [1.82, 2.24) is 0 Å². The quantitative estimate of drug-likeness (QED) is 0.621. The SMILES string of the molecule is CC(C)(C)S/C=C/C(N)=O. The van der Waals surface area contributed by atoms with Gasteiger partial charge in [0, 0.05) is 10.8 Å². The van der Waals surface area contributed by atoms with Gasteiger partial charge in [-0.05, 0) is 5.41 Å². The van der Waals surface area contributed by atoms with Crippen molar-refractivity contribution in [3.8, 4) is 0 Å². The summed E-state index contributed by atoms with van der Waals surface area (Å²) in [5.41, 5.74) is 4.88. The summed E-state index contributed by atoms with van der Waals surface area (Å²) in [7, 11) is 0. The van der Waals surface area contributed by atoms with Gasteiger partial charge in [-0.3, -0.25) is 4.79 Å². The highest BCUT2D eigenvalue weighted by molar-refractivity contribution is 8.03. The maximum Gasteiger partial charge on any atom is 0.241 e. The smallest absolute Gasteiger partial charge is 0.241 e. The first-order valence-electron chi connectivity index (χ1n) is 3.05. The second kappa shape index (κ2) is 3.66. The molecule has 0 aromatic rings. The van der Waals surface area contributed by atoms with Crippen LogP contribution in [0.3, 0.4) is 0 Å². The molecule has 0 fully saturated rings. The number of hydrogen-bond donors (Lipinski definition) is 1. The van der Waals surface area contributed by atoms with E-state index in [-0.39, 0.29) is 4.75 Å². The Morgan fingerprint density at radius 2 is 2.00 bits per heavy atom. The van der Waals surface area contributed by atoms with Crippen LogP contribution in [0.5, 0.6) is 0 Å². The average Bonchev–Trinajstić information content (AvgIpc) is 1.59. The lowest BCUT2D eigenvalue weighted by Crippen LogP contribution is -2.07. The van der Waals surface area contributed by atoms with Gasteiger partial charge in [0.05, 0.1) is 0 Å². The number of amides is 1. The van der Waals surface area contributed by atoms with E-state index in [9.17, 15) is 4.79 Å². The summed E-state index contributed by atoms with van der Waals surface area (Å²) >= 11 is 1.58. The van der Waals surface area contributed by atoms with Crippen LogP contribution >= 0.6 is 11.8 Å². The van der Waals surface area contributed by atoms with E-state index in [1.54, 1.807) is 17.2 Å². The Morgan fingerprint density at radius 3 is 2.30 bits per heavy atom. The van der Waals surface area contributed by atoms with Crippen LogP contribution in [0.1, 0.15) is 20.8 Å². The van der Waals surface area contributed by atoms with E-state index in [0.717, 1.165) is 0 Å². The number of thioether (sulfide) groups is 1. The zero-order valence-corrected chi connectivity index (χ0v) is 7.37. The highest BCUT2D eigenvalue weighted by Gasteiger charge is 2.06. The van der Waals surface area contributed by atoms with Crippen molar-refractivity contribution < 1.29 is 4.79 Å². The van der Waals surface area contributed by atoms with E-state index in [1.807, 2.05) is 0 Å². The molecule has 0 bridgehead atoms. The molecule has 0 radical (unpaired) electrons. The maximum atomic E-state index is 10.2. The molecule has 58 valence electrons. The molecular weight excluding hydrogens is 146 g/mol. The maximum absolute atomic E-state index is 10.2. The van der Waals surface area contributed by atoms with Crippen molar-refractivity contribution in [3.63, 3.8) is 0 Å². The molecular formula is C7H13NOS. The average molecular weight is 159 g/mol. The molecule has 0 saturated carbocycles. The van der Waals surface area contributed by atoms with Crippen molar-refractivity contribution in [3.05, 3.63) is 11.5 Å². The van der Waals surface area contributed by atoms with E-state index in [1.165, 1.54) is 6.08 Å². The van der Waals surface area contributed by atoms with Gasteiger partial charge in [0.1, 0.15) is 0 Å². The van der Waals surface area contributed by atoms with Crippen molar-refractivity contribution in [1.29, 1.82) is 0 Å². The summed E-state index contributed by atoms with van der Waals surface area (Å²) in [6, 6.07) is 0. The number of primary amides is 1. The van der Waals surface area contributed by atoms with Gasteiger partial charge in [-0.2, -0.15) is 0 Å². The minimum Gasteiger partial charge on any atom is -0.366 e. The predicted molar refractivity (Wildman–Crippen MR) is 45.7 cm³/mol. The van der Waals surface area contributed by atoms with Gasteiger partial charge in [-0.25, -0.2) is 0 Å². The molecule has 10 heavy (non-hydrogen) atoms. The van der Waals surface area contributed by atoms with Crippen molar-refractivity contribution in [2.75, 3.05) is 0 Å². The number of nitrogens with two attached hydrogens (primary N) is 1. The van der Waals surface area contributed by atoms with Gasteiger partial charge in [-0.1, -0.05) is 20.8 Å². The van der Waals surface area contributed by atoms with Crippen LogP contribution in [0.2, 0.25) is 0 Å². The fourth-order valence-electron chi connectivity index (χ4n) is 0.305. The summed E-state index contributed by atoms with van der Waals surface area (Å²) < 4.78 is 0.159. The second-order valence-electron chi connectivity index (χ2n) is 2.94. The lowest BCUT2D eigenvalue weighted by atomic mass is 10.3. The van der Waals surface area contributed by atoms with E-state index < -0.39 is 5.91 Å². The molecule has 1 amide bonds. The molecule has 0 aromatic heterocycles. The Kier molecular flexibility index (Phi) is 3.50. The number of rotatable bonds is 2. The van der Waals surface area contributed by atoms with Crippen LogP contribution in [-0.4, -0.2) is 10.7 Å². The Labute approximate surface area is 65.9 Å². The van der Waals surface area contributed by atoms with Crippen molar-refractivity contribution in [2.45, 2.75) is 25.5 Å². The number of hydrogen-bond acceptors (Lipinski definition) is 2. The van der Waals surface area contributed by atoms with Crippen LogP contribution in [0.25, 0.3) is 0 Å². The van der Waals surface area contributed by atoms with E-state index >= 15 is 0 Å². The van der Waals surface area contributed by atoms with Gasteiger partial charge < -0.3 is 5.73 Å². The minimum absolute atomic E-state index is 0.159. The summed E-state index contributed by atoms with van der Waals surface area (Å²) in [5, 5.41) is 1.72. The van der Waals surface area contributed by atoms with Crippen molar-refractivity contribution >= 4 is 17.7 Å². The first kappa shape index (κ1) is 9.56. The lowest BCUT2D eigenvalue weighted by molar-refractivity contribution is -0.113. The van der Waals surface area contributed by atoms with Gasteiger partial charge in [0.2, 0.25) is 5.91 Å². The topological polar surface area (TPSA) is 43.1 Å². The third-order valence-electron chi connectivity index (χ3n) is 0.654. The Bertz CT molecular complexity index is 146. The lowest BCUT2D eigenvalue weighted by Gasteiger charge is -2.13. The molecule has 0 aliphatic carbocycles. The van der Waals surface area contributed by atoms with Gasteiger partial charge in [0.25, 0.3) is 0 Å². The highest BCUT2D eigenvalue weighted by atomic mass is 32.2. The standard InChI is InChI=1S/C7H13NOS/c1-7(2,3)10-5-4-6(8)9/h4-5H,1-3H3,(H2,8,9)/b5-4+. The monoisotopic (exact) mass is 159 g/mol. The molecule has 2 nitrogen and oxygen atoms in total. The van der Waals surface area contributed by atoms with E-state index in [4.69, 9.17) is 5.73 Å². The fraction of sp³-hybridized carbons (Fsp3) is 0.571. The third-order valence-corrected chi connectivity index (χ3v) is 1.63. The van der Waals surface area contributed by atoms with Crippen LogP contribution < -0.4 is 5.73 Å². The Balaban J connectivity index is 3.64. The summed E-state index contributed by atoms with van der Waals surface area (Å²) in [4.78, 5) is 10.2. The molecule has 0 aromatic carbocycles. The molecule has 0 saturated heterocycles. The molecule has 0 spiro atoms. The Morgan fingerprint density at radius 1 is 1.50 bits per heavy atom. The molecule has 0 rings (SSSR count). The molecule has 0 aliphatic rings. The molecule has 0 atom stereocenters. The largest absolute Gasteiger partial charge is 0.366 e.